The molecule has 0 aliphatic carbocycles. The topological polar surface area (TPSA) is 21.7 Å². The molecule has 74 valence electrons. The van der Waals surface area contributed by atoms with Gasteiger partial charge >= 0.3 is 0 Å². The minimum Gasteiger partial charge on any atom is -0.378 e. The SMILES string of the molecule is CC1(C)OCC=C1N1CCOCC1. The molecule has 0 spiro atoms. The highest BCUT2D eigenvalue weighted by Gasteiger charge is 2.32. The summed E-state index contributed by atoms with van der Waals surface area (Å²) < 4.78 is 10.9. The molecule has 0 bridgehead atoms. The van der Waals surface area contributed by atoms with Gasteiger partial charge in [0.1, 0.15) is 5.60 Å². The van der Waals surface area contributed by atoms with Crippen LogP contribution in [0.4, 0.5) is 0 Å². The molecule has 0 radical (unpaired) electrons. The summed E-state index contributed by atoms with van der Waals surface area (Å²) in [5.41, 5.74) is 1.23. The summed E-state index contributed by atoms with van der Waals surface area (Å²) in [4.78, 5) is 2.37. The summed E-state index contributed by atoms with van der Waals surface area (Å²) in [6, 6.07) is 0. The van der Waals surface area contributed by atoms with Crippen LogP contribution in [-0.2, 0) is 9.47 Å². The predicted octanol–water partition coefficient (Wildman–Crippen LogP) is 1.01. The molecule has 0 saturated carbocycles. The van der Waals surface area contributed by atoms with E-state index < -0.39 is 0 Å². The number of morpholine rings is 1. The molecule has 2 rings (SSSR count). The van der Waals surface area contributed by atoms with Gasteiger partial charge in [-0.1, -0.05) is 0 Å². The third kappa shape index (κ3) is 1.71. The summed E-state index contributed by atoms with van der Waals surface area (Å²) in [5.74, 6) is 0. The third-order valence-electron chi connectivity index (χ3n) is 2.69. The lowest BCUT2D eigenvalue weighted by Crippen LogP contribution is -2.41. The molecule has 0 aromatic carbocycles. The minimum atomic E-state index is -0.0999. The Balaban J connectivity index is 2.06. The van der Waals surface area contributed by atoms with E-state index in [4.69, 9.17) is 9.47 Å². The second-order valence-corrected chi connectivity index (χ2v) is 4.01. The first-order valence-corrected chi connectivity index (χ1v) is 4.87. The molecule has 0 aromatic heterocycles. The Kier molecular flexibility index (Phi) is 2.30. The Hall–Kier alpha value is -0.540. The lowest BCUT2D eigenvalue weighted by Gasteiger charge is -2.35. The zero-order valence-corrected chi connectivity index (χ0v) is 8.38. The van der Waals surface area contributed by atoms with E-state index in [1.54, 1.807) is 0 Å². The molecule has 3 heteroatoms. The van der Waals surface area contributed by atoms with E-state index in [9.17, 15) is 0 Å². The van der Waals surface area contributed by atoms with Gasteiger partial charge in [0.2, 0.25) is 0 Å². The van der Waals surface area contributed by atoms with Crippen LogP contribution in [0.15, 0.2) is 11.8 Å². The summed E-state index contributed by atoms with van der Waals surface area (Å²) in [6.45, 7) is 8.68. The molecular formula is C10H17NO2. The van der Waals surface area contributed by atoms with E-state index in [1.807, 2.05) is 0 Å². The lowest BCUT2D eigenvalue weighted by molar-refractivity contribution is 0.00421. The van der Waals surface area contributed by atoms with E-state index in [-0.39, 0.29) is 5.60 Å². The smallest absolute Gasteiger partial charge is 0.102 e. The van der Waals surface area contributed by atoms with Gasteiger partial charge in [-0.15, -0.1) is 0 Å². The Morgan fingerprint density at radius 1 is 1.31 bits per heavy atom. The summed E-state index contributed by atoms with van der Waals surface area (Å²) in [7, 11) is 0. The van der Waals surface area contributed by atoms with Crippen LogP contribution in [-0.4, -0.2) is 43.4 Å². The average molecular weight is 183 g/mol. The molecule has 0 atom stereocenters. The first-order chi connectivity index (χ1) is 6.20. The van der Waals surface area contributed by atoms with Crippen molar-refractivity contribution >= 4 is 0 Å². The molecular weight excluding hydrogens is 166 g/mol. The average Bonchev–Trinajstić information content (AvgIpc) is 2.47. The molecule has 0 unspecified atom stereocenters. The van der Waals surface area contributed by atoms with Gasteiger partial charge in [0.15, 0.2) is 0 Å². The van der Waals surface area contributed by atoms with E-state index in [0.717, 1.165) is 32.9 Å². The van der Waals surface area contributed by atoms with Crippen LogP contribution in [0.5, 0.6) is 0 Å². The molecule has 2 aliphatic rings. The molecule has 13 heavy (non-hydrogen) atoms. The lowest BCUT2D eigenvalue weighted by atomic mass is 10.0. The Labute approximate surface area is 79.3 Å². The maximum atomic E-state index is 5.63. The van der Waals surface area contributed by atoms with Crippen LogP contribution < -0.4 is 0 Å². The molecule has 0 amide bonds. The van der Waals surface area contributed by atoms with E-state index in [0.29, 0.717) is 0 Å². The van der Waals surface area contributed by atoms with Gasteiger partial charge in [-0.2, -0.15) is 0 Å². The first kappa shape index (κ1) is 9.03. The molecule has 2 heterocycles. The number of hydrogen-bond acceptors (Lipinski definition) is 3. The van der Waals surface area contributed by atoms with Gasteiger partial charge in [-0.25, -0.2) is 0 Å². The Morgan fingerprint density at radius 2 is 2.00 bits per heavy atom. The molecule has 2 aliphatic heterocycles. The third-order valence-corrected chi connectivity index (χ3v) is 2.69. The highest BCUT2D eigenvalue weighted by atomic mass is 16.5. The standard InChI is InChI=1S/C10H17NO2/c1-10(2)9(3-6-13-10)11-4-7-12-8-5-11/h3H,4-8H2,1-2H3. The van der Waals surface area contributed by atoms with E-state index in [2.05, 4.69) is 24.8 Å². The zero-order valence-electron chi connectivity index (χ0n) is 8.38. The monoisotopic (exact) mass is 183 g/mol. The maximum absolute atomic E-state index is 5.63. The second-order valence-electron chi connectivity index (χ2n) is 4.01. The Morgan fingerprint density at radius 3 is 2.54 bits per heavy atom. The fraction of sp³-hybridized carbons (Fsp3) is 0.800. The molecule has 0 N–H and O–H groups in total. The van der Waals surface area contributed by atoms with Gasteiger partial charge in [-0.05, 0) is 19.9 Å². The van der Waals surface area contributed by atoms with E-state index >= 15 is 0 Å². The fourth-order valence-corrected chi connectivity index (χ4v) is 1.96. The minimum absolute atomic E-state index is 0.0999. The molecule has 3 nitrogen and oxygen atoms in total. The summed E-state index contributed by atoms with van der Waals surface area (Å²) in [6.07, 6.45) is 2.19. The molecule has 1 saturated heterocycles. The largest absolute Gasteiger partial charge is 0.378 e. The van der Waals surface area contributed by atoms with Crippen LogP contribution in [0.25, 0.3) is 0 Å². The van der Waals surface area contributed by atoms with Crippen molar-refractivity contribution in [1.29, 1.82) is 0 Å². The molecule has 0 aromatic rings. The predicted molar refractivity (Wildman–Crippen MR) is 50.5 cm³/mol. The van der Waals surface area contributed by atoms with E-state index in [1.165, 1.54) is 5.70 Å². The van der Waals surface area contributed by atoms with Crippen LogP contribution in [0.3, 0.4) is 0 Å². The number of nitrogens with zero attached hydrogens (tertiary/aromatic N) is 1. The van der Waals surface area contributed by atoms with Crippen LogP contribution in [0.1, 0.15) is 13.8 Å². The van der Waals surface area contributed by atoms with Gasteiger partial charge in [-0.3, -0.25) is 0 Å². The van der Waals surface area contributed by atoms with Crippen molar-refractivity contribution in [2.24, 2.45) is 0 Å². The van der Waals surface area contributed by atoms with Crippen molar-refractivity contribution < 1.29 is 9.47 Å². The number of hydrogen-bond donors (Lipinski definition) is 0. The fourth-order valence-electron chi connectivity index (χ4n) is 1.96. The summed E-state index contributed by atoms with van der Waals surface area (Å²) in [5, 5.41) is 0. The zero-order chi connectivity index (χ0) is 9.31. The highest BCUT2D eigenvalue weighted by molar-refractivity contribution is 5.18. The van der Waals surface area contributed by atoms with Crippen molar-refractivity contribution in [3.63, 3.8) is 0 Å². The normalized spacial score (nSPS) is 27.5. The van der Waals surface area contributed by atoms with Crippen LogP contribution >= 0.6 is 0 Å². The number of ether oxygens (including phenoxy) is 2. The van der Waals surface area contributed by atoms with Crippen molar-refractivity contribution in [2.75, 3.05) is 32.9 Å². The quantitative estimate of drug-likeness (QED) is 0.605. The van der Waals surface area contributed by atoms with Crippen LogP contribution in [0.2, 0.25) is 0 Å². The first-order valence-electron chi connectivity index (χ1n) is 4.87. The van der Waals surface area contributed by atoms with Crippen LogP contribution in [0, 0.1) is 0 Å². The highest BCUT2D eigenvalue weighted by Crippen LogP contribution is 2.29. The van der Waals surface area contributed by atoms with Gasteiger partial charge < -0.3 is 14.4 Å². The van der Waals surface area contributed by atoms with Crippen molar-refractivity contribution in [2.45, 2.75) is 19.4 Å². The van der Waals surface area contributed by atoms with Gasteiger partial charge in [0.05, 0.1) is 19.8 Å². The van der Waals surface area contributed by atoms with Gasteiger partial charge in [0, 0.05) is 18.8 Å². The van der Waals surface area contributed by atoms with Crippen molar-refractivity contribution in [3.05, 3.63) is 11.8 Å². The maximum Gasteiger partial charge on any atom is 0.102 e. The second kappa shape index (κ2) is 3.31. The van der Waals surface area contributed by atoms with Crippen molar-refractivity contribution in [1.82, 2.24) is 4.90 Å². The number of rotatable bonds is 1. The Bertz CT molecular complexity index is 217. The summed E-state index contributed by atoms with van der Waals surface area (Å²) >= 11 is 0. The van der Waals surface area contributed by atoms with Gasteiger partial charge in [0.25, 0.3) is 0 Å². The molecule has 1 fully saturated rings. The van der Waals surface area contributed by atoms with Crippen molar-refractivity contribution in [3.8, 4) is 0 Å².